The van der Waals surface area contributed by atoms with Crippen LogP contribution in [0.3, 0.4) is 0 Å². The topological polar surface area (TPSA) is 131 Å². The Labute approximate surface area is 130 Å². The number of carboxylic acids is 1. The monoisotopic (exact) mass is 340 g/mol. The van der Waals surface area contributed by atoms with Gasteiger partial charge in [-0.15, -0.1) is 0 Å². The number of alkyl halides is 3. The van der Waals surface area contributed by atoms with Crippen LogP contribution in [-0.2, 0) is 16.1 Å². The molecule has 1 aromatic heterocycles. The molecule has 1 rings (SSSR count). The van der Waals surface area contributed by atoms with Crippen molar-refractivity contribution in [3.8, 4) is 0 Å². The van der Waals surface area contributed by atoms with Gasteiger partial charge in [-0.25, -0.2) is 4.79 Å². The van der Waals surface area contributed by atoms with Crippen molar-refractivity contribution < 1.29 is 32.4 Å². The van der Waals surface area contributed by atoms with Crippen LogP contribution >= 0.6 is 0 Å². The van der Waals surface area contributed by atoms with E-state index in [4.69, 9.17) is 20.2 Å². The molecule has 1 atom stereocenters. The van der Waals surface area contributed by atoms with Crippen molar-refractivity contribution in [2.24, 2.45) is 11.1 Å². The predicted molar refractivity (Wildman–Crippen MR) is 72.0 cm³/mol. The molecule has 0 aromatic carbocycles. The molecule has 1 heterocycles. The second-order valence-electron chi connectivity index (χ2n) is 5.59. The zero-order chi connectivity index (χ0) is 18.4. The molecule has 0 aliphatic heterocycles. The first kappa shape index (κ1) is 20.8. The lowest BCUT2D eigenvalue weighted by atomic mass is 9.87. The van der Waals surface area contributed by atoms with Crippen LogP contribution in [0, 0.1) is 12.3 Å². The number of halogens is 3. The van der Waals surface area contributed by atoms with Crippen LogP contribution in [-0.4, -0.2) is 39.3 Å². The molecule has 0 fully saturated rings. The summed E-state index contributed by atoms with van der Waals surface area (Å²) in [5, 5.41) is 13.5. The number of aromatic nitrogens is 2. The lowest BCUT2D eigenvalue weighted by molar-refractivity contribution is -0.192. The van der Waals surface area contributed by atoms with Gasteiger partial charge in [0.2, 0.25) is 11.8 Å². The van der Waals surface area contributed by atoms with E-state index in [1.54, 1.807) is 6.92 Å². The molecule has 1 aromatic rings. The quantitative estimate of drug-likeness (QED) is 0.748. The van der Waals surface area contributed by atoms with Crippen LogP contribution in [0.1, 0.15) is 32.5 Å². The van der Waals surface area contributed by atoms with Gasteiger partial charge in [-0.1, -0.05) is 25.9 Å². The molecule has 8 nitrogen and oxygen atoms in total. The Kier molecular flexibility index (Phi) is 7.16. The van der Waals surface area contributed by atoms with Crippen molar-refractivity contribution in [3.05, 3.63) is 11.7 Å². The first-order valence-corrected chi connectivity index (χ1v) is 6.37. The molecule has 0 aliphatic carbocycles. The number of carboxylic acid groups (broad SMARTS) is 1. The number of aryl methyl sites for hydroxylation is 1. The summed E-state index contributed by atoms with van der Waals surface area (Å²) in [6.07, 6.45) is -5.08. The molecule has 0 aliphatic rings. The number of nitrogens with one attached hydrogen (secondary N) is 1. The highest BCUT2D eigenvalue weighted by molar-refractivity contribution is 5.82. The van der Waals surface area contributed by atoms with E-state index in [0.717, 1.165) is 0 Å². The van der Waals surface area contributed by atoms with E-state index in [-0.39, 0.29) is 17.9 Å². The standard InChI is InChI=1S/C10H18N4O2.C2HF3O2/c1-6-13-7(14-16-6)5-12-9(15)8(11)10(2,3)4;3-2(4,5)1(6)7/h8H,5,11H2,1-4H3,(H,12,15);(H,6,7)/t8-;/m1./s1. The van der Waals surface area contributed by atoms with Crippen molar-refractivity contribution in [2.75, 3.05) is 0 Å². The fraction of sp³-hybridized carbons (Fsp3) is 0.667. The van der Waals surface area contributed by atoms with Gasteiger partial charge in [0, 0.05) is 6.92 Å². The molecule has 23 heavy (non-hydrogen) atoms. The van der Waals surface area contributed by atoms with Gasteiger partial charge in [0.25, 0.3) is 0 Å². The van der Waals surface area contributed by atoms with Gasteiger partial charge in [0.15, 0.2) is 5.82 Å². The second-order valence-corrected chi connectivity index (χ2v) is 5.59. The van der Waals surface area contributed by atoms with Crippen LogP contribution < -0.4 is 11.1 Å². The number of carbonyl (C=O) groups excluding carboxylic acids is 1. The number of nitrogens with zero attached hydrogens (tertiary/aromatic N) is 2. The number of rotatable bonds is 3. The first-order chi connectivity index (χ1) is 10.2. The van der Waals surface area contributed by atoms with Gasteiger partial charge in [0.05, 0.1) is 12.6 Å². The van der Waals surface area contributed by atoms with Crippen LogP contribution in [0.4, 0.5) is 13.2 Å². The van der Waals surface area contributed by atoms with Gasteiger partial charge in [-0.3, -0.25) is 4.79 Å². The maximum absolute atomic E-state index is 11.6. The Bertz CT molecular complexity index is 537. The van der Waals surface area contributed by atoms with Gasteiger partial charge in [0.1, 0.15) is 0 Å². The van der Waals surface area contributed by atoms with Crippen LogP contribution in [0.5, 0.6) is 0 Å². The van der Waals surface area contributed by atoms with Crippen LogP contribution in [0.2, 0.25) is 0 Å². The number of nitrogens with two attached hydrogens (primary N) is 1. The van der Waals surface area contributed by atoms with Crippen LogP contribution in [0.15, 0.2) is 4.52 Å². The summed E-state index contributed by atoms with van der Waals surface area (Å²) in [5.41, 5.74) is 5.52. The fourth-order valence-electron chi connectivity index (χ4n) is 1.08. The molecular weight excluding hydrogens is 321 g/mol. The summed E-state index contributed by atoms with van der Waals surface area (Å²) in [6, 6.07) is -0.555. The van der Waals surface area contributed by atoms with E-state index < -0.39 is 18.2 Å². The third-order valence-corrected chi connectivity index (χ3v) is 2.45. The Morgan fingerprint density at radius 2 is 1.83 bits per heavy atom. The highest BCUT2D eigenvalue weighted by Crippen LogP contribution is 2.17. The number of carbonyl (C=O) groups is 2. The third kappa shape index (κ3) is 8.14. The maximum Gasteiger partial charge on any atom is 0.490 e. The second kappa shape index (κ2) is 7.90. The molecule has 4 N–H and O–H groups in total. The maximum atomic E-state index is 11.6. The summed E-state index contributed by atoms with van der Waals surface area (Å²) in [5.74, 6) is -2.04. The largest absolute Gasteiger partial charge is 0.490 e. The van der Waals surface area contributed by atoms with Crippen molar-refractivity contribution in [1.29, 1.82) is 0 Å². The minimum absolute atomic E-state index is 0.213. The predicted octanol–water partition coefficient (Wildman–Crippen LogP) is 1.00. The molecule has 0 bridgehead atoms. The zero-order valence-electron chi connectivity index (χ0n) is 13.1. The lowest BCUT2D eigenvalue weighted by Crippen LogP contribution is -2.48. The molecule has 11 heteroatoms. The summed E-state index contributed by atoms with van der Waals surface area (Å²) in [6.45, 7) is 7.67. The zero-order valence-corrected chi connectivity index (χ0v) is 13.1. The fourth-order valence-corrected chi connectivity index (χ4v) is 1.08. The number of aliphatic carboxylic acids is 1. The van der Waals surface area contributed by atoms with Crippen LogP contribution in [0.25, 0.3) is 0 Å². The summed E-state index contributed by atoms with van der Waals surface area (Å²) < 4.78 is 36.5. The van der Waals surface area contributed by atoms with E-state index in [2.05, 4.69) is 15.5 Å². The van der Waals surface area contributed by atoms with Gasteiger partial charge in [-0.05, 0) is 5.41 Å². The van der Waals surface area contributed by atoms with E-state index >= 15 is 0 Å². The minimum Gasteiger partial charge on any atom is -0.475 e. The minimum atomic E-state index is -5.08. The number of amides is 1. The van der Waals surface area contributed by atoms with Crippen molar-refractivity contribution in [3.63, 3.8) is 0 Å². The molecule has 132 valence electrons. The SMILES string of the molecule is Cc1nc(CNC(=O)[C@@H](N)C(C)(C)C)no1.O=C(O)C(F)(F)F. The highest BCUT2D eigenvalue weighted by Gasteiger charge is 2.38. The van der Waals surface area contributed by atoms with E-state index in [9.17, 15) is 18.0 Å². The van der Waals surface area contributed by atoms with E-state index in [0.29, 0.717) is 11.7 Å². The average Bonchev–Trinajstić information content (AvgIpc) is 2.79. The number of hydrogen-bond acceptors (Lipinski definition) is 6. The molecular formula is C12H19F3N4O4. The summed E-state index contributed by atoms with van der Waals surface area (Å²) in [7, 11) is 0. The Hall–Kier alpha value is -2.17. The molecule has 0 unspecified atom stereocenters. The molecule has 1 amide bonds. The Morgan fingerprint density at radius 3 is 2.13 bits per heavy atom. The Balaban J connectivity index is 0.000000585. The van der Waals surface area contributed by atoms with Gasteiger partial charge in [-0.2, -0.15) is 18.2 Å². The average molecular weight is 340 g/mol. The van der Waals surface area contributed by atoms with Crippen molar-refractivity contribution in [2.45, 2.75) is 46.5 Å². The van der Waals surface area contributed by atoms with E-state index in [1.807, 2.05) is 20.8 Å². The van der Waals surface area contributed by atoms with Gasteiger partial charge < -0.3 is 20.7 Å². The number of hydrogen-bond donors (Lipinski definition) is 3. The Morgan fingerprint density at radius 1 is 1.35 bits per heavy atom. The lowest BCUT2D eigenvalue weighted by Gasteiger charge is -2.25. The normalized spacial score (nSPS) is 12.9. The van der Waals surface area contributed by atoms with Crippen molar-refractivity contribution in [1.82, 2.24) is 15.5 Å². The molecule has 0 saturated carbocycles. The third-order valence-electron chi connectivity index (χ3n) is 2.45. The highest BCUT2D eigenvalue weighted by atomic mass is 19.4. The molecule has 0 radical (unpaired) electrons. The van der Waals surface area contributed by atoms with Crippen molar-refractivity contribution >= 4 is 11.9 Å². The molecule has 0 saturated heterocycles. The van der Waals surface area contributed by atoms with Gasteiger partial charge >= 0.3 is 12.1 Å². The summed E-state index contributed by atoms with van der Waals surface area (Å²) in [4.78, 5) is 24.5. The smallest absolute Gasteiger partial charge is 0.475 e. The molecule has 0 spiro atoms. The van der Waals surface area contributed by atoms with E-state index in [1.165, 1.54) is 0 Å². The summed E-state index contributed by atoms with van der Waals surface area (Å²) >= 11 is 0. The first-order valence-electron chi connectivity index (χ1n) is 6.37.